The molecule has 2 atom stereocenters. The third-order valence-electron chi connectivity index (χ3n) is 3.00. The van der Waals surface area contributed by atoms with Crippen molar-refractivity contribution in [2.75, 3.05) is 18.9 Å². The van der Waals surface area contributed by atoms with Crippen molar-refractivity contribution >= 4 is 11.6 Å². The minimum Gasteiger partial charge on any atom is -0.382 e. The van der Waals surface area contributed by atoms with E-state index in [9.17, 15) is 4.79 Å². The minimum absolute atomic E-state index is 0.0530. The first-order valence-corrected chi connectivity index (χ1v) is 5.89. The van der Waals surface area contributed by atoms with E-state index in [1.807, 2.05) is 12.1 Å². The molecular formula is C13H18N2O2. The molecule has 1 heterocycles. The molecule has 0 spiro atoms. The largest absolute Gasteiger partial charge is 0.382 e. The van der Waals surface area contributed by atoms with Crippen LogP contribution in [0.5, 0.6) is 0 Å². The van der Waals surface area contributed by atoms with E-state index in [0.717, 1.165) is 13.0 Å². The van der Waals surface area contributed by atoms with E-state index in [4.69, 9.17) is 4.74 Å². The first-order chi connectivity index (χ1) is 8.20. The molecule has 0 bridgehead atoms. The lowest BCUT2D eigenvalue weighted by Crippen LogP contribution is -2.39. The summed E-state index contributed by atoms with van der Waals surface area (Å²) in [6, 6.07) is 8.18. The maximum atomic E-state index is 11.4. The average Bonchev–Trinajstić information content (AvgIpc) is 2.37. The third-order valence-corrected chi connectivity index (χ3v) is 3.00. The van der Waals surface area contributed by atoms with E-state index < -0.39 is 6.10 Å². The van der Waals surface area contributed by atoms with E-state index in [-0.39, 0.29) is 12.0 Å². The standard InChI is InChI=1S/C13H18N2O2/c1-9(13(16)14-2)17-11-7-10-5-3-4-6-12(10)15-8-11/h3-6,9,11,15H,7-8H2,1-2H3,(H,14,16). The summed E-state index contributed by atoms with van der Waals surface area (Å²) in [6.45, 7) is 2.53. The van der Waals surface area contributed by atoms with E-state index in [1.54, 1.807) is 14.0 Å². The number of hydrogen-bond donors (Lipinski definition) is 2. The SMILES string of the molecule is CNC(=O)C(C)OC1CNc2ccccc2C1. The minimum atomic E-state index is -0.405. The topological polar surface area (TPSA) is 50.4 Å². The number of para-hydroxylation sites is 1. The molecule has 1 aromatic carbocycles. The molecule has 0 radical (unpaired) electrons. The van der Waals surface area contributed by atoms with Gasteiger partial charge in [-0.2, -0.15) is 0 Å². The normalized spacial score (nSPS) is 20.0. The second kappa shape index (κ2) is 5.19. The fraction of sp³-hybridized carbons (Fsp3) is 0.462. The second-order valence-electron chi connectivity index (χ2n) is 4.26. The number of likely N-dealkylation sites (N-methyl/N-ethyl adjacent to an activating group) is 1. The van der Waals surface area contributed by atoms with Crippen LogP contribution in [0.3, 0.4) is 0 Å². The van der Waals surface area contributed by atoms with Gasteiger partial charge in [0.25, 0.3) is 0 Å². The van der Waals surface area contributed by atoms with Gasteiger partial charge < -0.3 is 15.4 Å². The molecule has 92 valence electrons. The second-order valence-corrected chi connectivity index (χ2v) is 4.26. The van der Waals surface area contributed by atoms with Crippen LogP contribution in [0.1, 0.15) is 12.5 Å². The highest BCUT2D eigenvalue weighted by Gasteiger charge is 2.22. The van der Waals surface area contributed by atoms with Crippen molar-refractivity contribution in [1.82, 2.24) is 5.32 Å². The Balaban J connectivity index is 1.96. The Labute approximate surface area is 101 Å². The molecular weight excluding hydrogens is 216 g/mol. The summed E-state index contributed by atoms with van der Waals surface area (Å²) in [5, 5.41) is 5.91. The first kappa shape index (κ1) is 11.9. The van der Waals surface area contributed by atoms with Gasteiger partial charge in [0.1, 0.15) is 6.10 Å². The molecule has 0 fully saturated rings. The Morgan fingerprint density at radius 3 is 3.06 bits per heavy atom. The van der Waals surface area contributed by atoms with Crippen LogP contribution >= 0.6 is 0 Å². The molecule has 0 saturated carbocycles. The lowest BCUT2D eigenvalue weighted by atomic mass is 10.0. The summed E-state index contributed by atoms with van der Waals surface area (Å²) in [6.07, 6.45) is 0.499. The van der Waals surface area contributed by atoms with Crippen molar-refractivity contribution in [1.29, 1.82) is 0 Å². The molecule has 1 amide bonds. The predicted molar refractivity (Wildman–Crippen MR) is 67.0 cm³/mol. The van der Waals surface area contributed by atoms with Gasteiger partial charge in [0, 0.05) is 25.7 Å². The molecule has 0 aliphatic carbocycles. The summed E-state index contributed by atoms with van der Waals surface area (Å²) in [5.41, 5.74) is 2.41. The molecule has 2 N–H and O–H groups in total. The van der Waals surface area contributed by atoms with Gasteiger partial charge in [-0.1, -0.05) is 18.2 Å². The summed E-state index contributed by atoms with van der Waals surface area (Å²) < 4.78 is 5.73. The van der Waals surface area contributed by atoms with E-state index in [0.29, 0.717) is 0 Å². The van der Waals surface area contributed by atoms with Gasteiger partial charge in [0.05, 0.1) is 6.10 Å². The quantitative estimate of drug-likeness (QED) is 0.825. The Bertz CT molecular complexity index is 406. The van der Waals surface area contributed by atoms with Gasteiger partial charge in [-0.15, -0.1) is 0 Å². The van der Waals surface area contributed by atoms with Crippen LogP contribution in [0.25, 0.3) is 0 Å². The van der Waals surface area contributed by atoms with Gasteiger partial charge in [-0.25, -0.2) is 0 Å². The number of amides is 1. The zero-order chi connectivity index (χ0) is 12.3. The number of benzene rings is 1. The van der Waals surface area contributed by atoms with Gasteiger partial charge in [-0.3, -0.25) is 4.79 Å². The predicted octanol–water partition coefficient (Wildman–Crippen LogP) is 1.17. The Hall–Kier alpha value is -1.55. The number of nitrogens with one attached hydrogen (secondary N) is 2. The van der Waals surface area contributed by atoms with E-state index in [1.165, 1.54) is 11.3 Å². The van der Waals surface area contributed by atoms with Crippen LogP contribution < -0.4 is 10.6 Å². The van der Waals surface area contributed by atoms with Gasteiger partial charge in [0.2, 0.25) is 5.91 Å². The number of anilines is 1. The molecule has 1 aromatic rings. The highest BCUT2D eigenvalue weighted by molar-refractivity contribution is 5.80. The maximum Gasteiger partial charge on any atom is 0.248 e. The number of fused-ring (bicyclic) bond motifs is 1. The molecule has 4 nitrogen and oxygen atoms in total. The molecule has 17 heavy (non-hydrogen) atoms. The van der Waals surface area contributed by atoms with Crippen molar-refractivity contribution in [2.24, 2.45) is 0 Å². The molecule has 1 aliphatic rings. The molecule has 2 unspecified atom stereocenters. The monoisotopic (exact) mass is 234 g/mol. The smallest absolute Gasteiger partial charge is 0.248 e. The zero-order valence-electron chi connectivity index (χ0n) is 10.2. The number of carbonyl (C=O) groups excluding carboxylic acids is 1. The fourth-order valence-corrected chi connectivity index (χ4v) is 2.06. The van der Waals surface area contributed by atoms with Crippen molar-refractivity contribution < 1.29 is 9.53 Å². The molecule has 1 aliphatic heterocycles. The van der Waals surface area contributed by atoms with Crippen molar-refractivity contribution in [3.05, 3.63) is 29.8 Å². The lowest BCUT2D eigenvalue weighted by molar-refractivity contribution is -0.134. The number of carbonyl (C=O) groups is 1. The molecule has 4 heteroatoms. The van der Waals surface area contributed by atoms with Crippen LogP contribution in [0.15, 0.2) is 24.3 Å². The fourth-order valence-electron chi connectivity index (χ4n) is 2.06. The van der Waals surface area contributed by atoms with Crippen molar-refractivity contribution in [2.45, 2.75) is 25.6 Å². The number of rotatable bonds is 3. The van der Waals surface area contributed by atoms with Crippen molar-refractivity contribution in [3.63, 3.8) is 0 Å². The zero-order valence-corrected chi connectivity index (χ0v) is 10.2. The van der Waals surface area contributed by atoms with Gasteiger partial charge in [0.15, 0.2) is 0 Å². The Morgan fingerprint density at radius 2 is 2.29 bits per heavy atom. The summed E-state index contributed by atoms with van der Waals surface area (Å²) >= 11 is 0. The maximum absolute atomic E-state index is 11.4. The van der Waals surface area contributed by atoms with Gasteiger partial charge in [-0.05, 0) is 18.6 Å². The molecule has 0 aromatic heterocycles. The summed E-state index contributed by atoms with van der Waals surface area (Å²) in [5.74, 6) is -0.0798. The van der Waals surface area contributed by atoms with Crippen LogP contribution in [0.2, 0.25) is 0 Å². The average molecular weight is 234 g/mol. The highest BCUT2D eigenvalue weighted by atomic mass is 16.5. The van der Waals surface area contributed by atoms with Crippen LogP contribution in [0, 0.1) is 0 Å². The van der Waals surface area contributed by atoms with Crippen LogP contribution in [-0.4, -0.2) is 31.7 Å². The van der Waals surface area contributed by atoms with E-state index in [2.05, 4.69) is 22.8 Å². The Kier molecular flexibility index (Phi) is 3.64. The molecule has 0 saturated heterocycles. The van der Waals surface area contributed by atoms with Crippen LogP contribution in [0.4, 0.5) is 5.69 Å². The Morgan fingerprint density at radius 1 is 1.53 bits per heavy atom. The van der Waals surface area contributed by atoms with Crippen molar-refractivity contribution in [3.8, 4) is 0 Å². The number of hydrogen-bond acceptors (Lipinski definition) is 3. The third kappa shape index (κ3) is 2.77. The summed E-state index contributed by atoms with van der Waals surface area (Å²) in [7, 11) is 1.62. The van der Waals surface area contributed by atoms with Crippen LogP contribution in [-0.2, 0) is 16.0 Å². The summed E-state index contributed by atoms with van der Waals surface area (Å²) in [4.78, 5) is 11.4. The lowest BCUT2D eigenvalue weighted by Gasteiger charge is -2.28. The van der Waals surface area contributed by atoms with E-state index >= 15 is 0 Å². The molecule has 2 rings (SSSR count). The van der Waals surface area contributed by atoms with Gasteiger partial charge >= 0.3 is 0 Å². The number of ether oxygens (including phenoxy) is 1. The first-order valence-electron chi connectivity index (χ1n) is 5.89. The highest BCUT2D eigenvalue weighted by Crippen LogP contribution is 2.22.